The van der Waals surface area contributed by atoms with Crippen molar-refractivity contribution in [2.45, 2.75) is 50.8 Å². The maximum Gasteiger partial charge on any atom is 0.414 e. The molecular weight excluding hydrogens is 624 g/mol. The van der Waals surface area contributed by atoms with Crippen LogP contribution in [0.25, 0.3) is 0 Å². The Hall–Kier alpha value is -4.17. The van der Waals surface area contributed by atoms with Crippen LogP contribution in [-0.2, 0) is 12.0 Å². The highest BCUT2D eigenvalue weighted by Gasteiger charge is 2.54. The van der Waals surface area contributed by atoms with E-state index in [0.29, 0.717) is 47.6 Å². The van der Waals surface area contributed by atoms with Crippen molar-refractivity contribution in [3.63, 3.8) is 0 Å². The number of aliphatic hydroxyl groups excluding tert-OH is 1. The summed E-state index contributed by atoms with van der Waals surface area (Å²) < 4.78 is 12.8. The second kappa shape index (κ2) is 12.2. The Bertz CT molecular complexity index is 1510. The van der Waals surface area contributed by atoms with E-state index in [4.69, 9.17) is 9.47 Å². The van der Waals surface area contributed by atoms with Crippen molar-refractivity contribution in [1.82, 2.24) is 9.80 Å². The molecule has 2 aromatic carbocycles. The van der Waals surface area contributed by atoms with Crippen LogP contribution in [0.4, 0.5) is 16.2 Å². The third-order valence-corrected chi connectivity index (χ3v) is 8.78. The summed E-state index contributed by atoms with van der Waals surface area (Å²) in [6.45, 7) is 4.24. The van der Waals surface area contributed by atoms with Crippen molar-refractivity contribution < 1.29 is 29.4 Å². The average molecular weight is 657 g/mol. The van der Waals surface area contributed by atoms with Crippen molar-refractivity contribution >= 4 is 45.1 Å². The number of nitro benzene ring substituents is 1. The van der Waals surface area contributed by atoms with Crippen LogP contribution in [0.2, 0.25) is 0 Å². The molecule has 0 aromatic heterocycles. The summed E-state index contributed by atoms with van der Waals surface area (Å²) in [7, 11) is 1.63. The van der Waals surface area contributed by atoms with Gasteiger partial charge in [0.2, 0.25) is 0 Å². The monoisotopic (exact) mass is 655 g/mol. The smallest absolute Gasteiger partial charge is 0.414 e. The molecule has 2 heterocycles. The van der Waals surface area contributed by atoms with Gasteiger partial charge in [0.05, 0.1) is 40.4 Å². The van der Waals surface area contributed by atoms with Gasteiger partial charge in [-0.1, -0.05) is 6.08 Å². The first-order valence-corrected chi connectivity index (χ1v) is 14.7. The van der Waals surface area contributed by atoms with Gasteiger partial charge in [-0.25, -0.2) is 4.79 Å². The highest BCUT2D eigenvalue weighted by molar-refractivity contribution is 9.10. The van der Waals surface area contributed by atoms with Crippen LogP contribution in [0.3, 0.4) is 0 Å². The molecule has 2 N–H and O–H groups in total. The largest absolute Gasteiger partial charge is 0.846 e. The lowest BCUT2D eigenvalue weighted by Gasteiger charge is -2.40. The topological polar surface area (TPSA) is 165 Å². The normalized spacial score (nSPS) is 23.2. The van der Waals surface area contributed by atoms with Crippen molar-refractivity contribution in [2.75, 3.05) is 32.2 Å². The lowest BCUT2D eigenvalue weighted by Crippen LogP contribution is -2.50. The number of amides is 1. The molecule has 5 rings (SSSR count). The molecule has 3 atom stereocenters. The van der Waals surface area contributed by atoms with E-state index in [1.165, 1.54) is 17.0 Å². The fourth-order valence-corrected chi connectivity index (χ4v) is 6.20. The number of non-ortho nitro benzene ring substituents is 1. The van der Waals surface area contributed by atoms with Gasteiger partial charge in [0.25, 0.3) is 5.69 Å². The molecule has 1 amide bonds. The zero-order valence-electron chi connectivity index (χ0n) is 23.9. The molecule has 2 aromatic rings. The molecule has 0 saturated heterocycles. The molecule has 0 radical (unpaired) electrons. The number of nitrogens with one attached hydrogen (secondary N) is 1. The SMILES string of the molecule is CCN=C([O-])N1Cc2cc(OC(=O)N(C)CC)c(Br)c3c2[C@]2(C=C/C(=N\Nc4ccc([N+](=O)[O-])cc4)C[C@H]2O3)C[C@H]1CO. The number of nitrogens with zero attached hydrogens (tertiary/aromatic N) is 5. The van der Waals surface area contributed by atoms with Crippen LogP contribution in [-0.4, -0.2) is 76.5 Å². The summed E-state index contributed by atoms with van der Waals surface area (Å²) >= 11 is 3.61. The van der Waals surface area contributed by atoms with E-state index in [2.05, 4.69) is 31.4 Å². The Morgan fingerprint density at radius 3 is 2.74 bits per heavy atom. The van der Waals surface area contributed by atoms with Crippen molar-refractivity contribution in [2.24, 2.45) is 10.1 Å². The number of halogens is 1. The first-order valence-electron chi connectivity index (χ1n) is 13.9. The number of benzene rings is 2. The summed E-state index contributed by atoms with van der Waals surface area (Å²) in [5.41, 5.74) is 5.06. The first kappa shape index (κ1) is 30.3. The van der Waals surface area contributed by atoms with E-state index in [1.54, 1.807) is 37.1 Å². The maximum atomic E-state index is 13.1. The van der Waals surface area contributed by atoms with Crippen LogP contribution in [0, 0.1) is 10.1 Å². The standard InChI is InChI=1S/C29H33BrN6O7/c1-4-31-27(38)35-15-17-12-22(42-28(39)34(3)5-2)25(30)26-24(17)29(14-21(35)16-37)11-10-19(13-23(29)43-26)33-32-18-6-8-20(9-7-18)36(40)41/h6-12,21,23,32,37H,4-5,13-16H2,1-3H3,(H,31,38)/p-1/b33-19+/t21-,23+,29+/m0/s1. The first-order chi connectivity index (χ1) is 20.6. The fraction of sp³-hybridized carbons (Fsp3) is 0.414. The number of rotatable bonds is 7. The number of anilines is 1. The van der Waals surface area contributed by atoms with Gasteiger partial charge >= 0.3 is 6.09 Å². The number of hydrogen-bond donors (Lipinski definition) is 2. The van der Waals surface area contributed by atoms with Crippen molar-refractivity contribution in [3.8, 4) is 11.5 Å². The molecule has 0 saturated carbocycles. The number of amidine groups is 1. The molecule has 1 spiro atoms. The Kier molecular flexibility index (Phi) is 8.60. The number of hydrazone groups is 1. The lowest BCUT2D eigenvalue weighted by molar-refractivity contribution is -0.384. The zero-order valence-corrected chi connectivity index (χ0v) is 25.5. The molecule has 0 fully saturated rings. The zero-order chi connectivity index (χ0) is 30.9. The van der Waals surface area contributed by atoms with Crippen molar-refractivity contribution in [1.29, 1.82) is 0 Å². The lowest BCUT2D eigenvalue weighted by atomic mass is 9.68. The molecule has 3 aliphatic rings. The molecule has 0 unspecified atom stereocenters. The highest BCUT2D eigenvalue weighted by Crippen LogP contribution is 2.57. The number of hydrogen-bond acceptors (Lipinski definition) is 10. The number of carbonyl (C=O) groups excluding carboxylic acids is 1. The van der Waals surface area contributed by atoms with Crippen molar-refractivity contribution in [3.05, 3.63) is 68.2 Å². The summed E-state index contributed by atoms with van der Waals surface area (Å²) in [6.07, 6.45) is 3.67. The van der Waals surface area contributed by atoms with Gasteiger partial charge < -0.3 is 29.5 Å². The van der Waals surface area contributed by atoms with Crippen LogP contribution in [0.5, 0.6) is 11.5 Å². The summed E-state index contributed by atoms with van der Waals surface area (Å²) in [5.74, 6) is 0.768. The molecular formula is C29H32BrN6O7-. The Morgan fingerprint density at radius 2 is 2.09 bits per heavy atom. The average Bonchev–Trinajstić information content (AvgIpc) is 3.26. The van der Waals surface area contributed by atoms with Gasteiger partial charge in [-0.2, -0.15) is 5.10 Å². The Morgan fingerprint density at radius 1 is 1.35 bits per heavy atom. The molecule has 0 bridgehead atoms. The van der Waals surface area contributed by atoms with Gasteiger partial charge in [-0.15, -0.1) is 0 Å². The fourth-order valence-electron chi connectivity index (χ4n) is 5.71. The second-order valence-electron chi connectivity index (χ2n) is 10.6. The van der Waals surface area contributed by atoms with E-state index in [-0.39, 0.29) is 24.6 Å². The van der Waals surface area contributed by atoms with Crippen LogP contribution >= 0.6 is 15.9 Å². The van der Waals surface area contributed by atoms with E-state index >= 15 is 0 Å². The molecule has 228 valence electrons. The number of aliphatic imine (C=N–C) groups is 1. The minimum atomic E-state index is -0.711. The number of allylic oxidation sites excluding steroid dienone is 1. The van der Waals surface area contributed by atoms with Crippen LogP contribution < -0.4 is 20.0 Å². The molecule has 2 aliphatic heterocycles. The third kappa shape index (κ3) is 5.64. The Balaban J connectivity index is 1.55. The minimum absolute atomic E-state index is 0.0198. The predicted octanol–water partition coefficient (Wildman–Crippen LogP) is 3.54. The van der Waals surface area contributed by atoms with Crippen LogP contribution in [0.1, 0.15) is 37.8 Å². The van der Waals surface area contributed by atoms with E-state index in [1.807, 2.05) is 19.1 Å². The second-order valence-corrected chi connectivity index (χ2v) is 11.4. The predicted molar refractivity (Wildman–Crippen MR) is 161 cm³/mol. The molecule has 14 heteroatoms. The quantitative estimate of drug-likeness (QED) is 0.196. The number of aliphatic hydroxyl groups is 1. The summed E-state index contributed by atoms with van der Waals surface area (Å²) in [6, 6.07) is 6.71. The Labute approximate surface area is 256 Å². The van der Waals surface area contributed by atoms with Crippen LogP contribution in [0.15, 0.2) is 57.1 Å². The van der Waals surface area contributed by atoms with Gasteiger partial charge in [-0.3, -0.25) is 20.5 Å². The van der Waals surface area contributed by atoms with Gasteiger partial charge in [0, 0.05) is 50.8 Å². The number of carbonyl (C=O) groups is 1. The molecule has 43 heavy (non-hydrogen) atoms. The minimum Gasteiger partial charge on any atom is -0.846 e. The highest BCUT2D eigenvalue weighted by atomic mass is 79.9. The third-order valence-electron chi connectivity index (χ3n) is 8.03. The molecule has 1 aliphatic carbocycles. The van der Waals surface area contributed by atoms with E-state index in [0.717, 1.165) is 11.1 Å². The van der Waals surface area contributed by atoms with Gasteiger partial charge in [0.1, 0.15) is 16.3 Å². The molecule has 13 nitrogen and oxygen atoms in total. The number of nitro groups is 1. The van der Waals surface area contributed by atoms with E-state index in [9.17, 15) is 25.1 Å². The maximum absolute atomic E-state index is 13.1. The number of ether oxygens (including phenoxy) is 2. The van der Waals surface area contributed by atoms with Gasteiger partial charge in [-0.05, 0) is 66.0 Å². The van der Waals surface area contributed by atoms with Gasteiger partial charge in [0.15, 0.2) is 5.75 Å². The summed E-state index contributed by atoms with van der Waals surface area (Å²) in [4.78, 5) is 30.3. The summed E-state index contributed by atoms with van der Waals surface area (Å²) in [5, 5.41) is 39.1. The van der Waals surface area contributed by atoms with E-state index < -0.39 is 34.6 Å².